The molecule has 0 aliphatic carbocycles. The van der Waals surface area contributed by atoms with Crippen LogP contribution in [0.2, 0.25) is 0 Å². The standard InChI is InChI=1S/C6H7FO5.K/c1-11-5(9)3(7)4(8)6(10)12-2;/h8H,1-2H3;/q;+1/p-1/b4-3+;. The molecule has 0 aromatic heterocycles. The number of esters is 2. The first-order valence-corrected chi connectivity index (χ1v) is 2.78. The average Bonchev–Trinajstić information content (AvgIpc) is 2.12. The van der Waals surface area contributed by atoms with E-state index in [0.717, 1.165) is 14.2 Å². The van der Waals surface area contributed by atoms with Gasteiger partial charge in [-0.15, -0.1) is 0 Å². The first-order chi connectivity index (χ1) is 5.54. The summed E-state index contributed by atoms with van der Waals surface area (Å²) in [7, 11) is 1.78. The van der Waals surface area contributed by atoms with Crippen LogP contribution in [0.5, 0.6) is 0 Å². The van der Waals surface area contributed by atoms with E-state index in [1.807, 2.05) is 0 Å². The number of ether oxygens (including phenoxy) is 2. The van der Waals surface area contributed by atoms with Crippen molar-refractivity contribution in [2.75, 3.05) is 14.2 Å². The van der Waals surface area contributed by atoms with Crippen LogP contribution in [0.15, 0.2) is 11.6 Å². The quantitative estimate of drug-likeness (QED) is 0.203. The van der Waals surface area contributed by atoms with E-state index in [1.54, 1.807) is 0 Å². The molecule has 0 fully saturated rings. The second-order valence-electron chi connectivity index (χ2n) is 1.63. The van der Waals surface area contributed by atoms with Crippen molar-refractivity contribution in [2.24, 2.45) is 0 Å². The topological polar surface area (TPSA) is 75.7 Å². The molecular weight excluding hydrogens is 210 g/mol. The average molecular weight is 216 g/mol. The van der Waals surface area contributed by atoms with Gasteiger partial charge in [-0.3, -0.25) is 0 Å². The molecule has 0 aliphatic heterocycles. The summed E-state index contributed by atoms with van der Waals surface area (Å²) in [6.45, 7) is 0. The first-order valence-electron chi connectivity index (χ1n) is 2.78. The van der Waals surface area contributed by atoms with Gasteiger partial charge in [0.25, 0.3) is 0 Å². The minimum atomic E-state index is -1.79. The fourth-order valence-electron chi connectivity index (χ4n) is 0.365. The Morgan fingerprint density at radius 3 is 1.85 bits per heavy atom. The van der Waals surface area contributed by atoms with Gasteiger partial charge in [-0.2, -0.15) is 4.39 Å². The Balaban J connectivity index is 0. The molecule has 0 heterocycles. The predicted molar refractivity (Wildman–Crippen MR) is 32.2 cm³/mol. The molecule has 0 aromatic carbocycles. The number of carbonyl (C=O) groups excluding carboxylic acids is 2. The minimum absolute atomic E-state index is 0. The number of rotatable bonds is 2. The van der Waals surface area contributed by atoms with Crippen LogP contribution in [0.1, 0.15) is 0 Å². The van der Waals surface area contributed by atoms with E-state index in [2.05, 4.69) is 9.47 Å². The Morgan fingerprint density at radius 1 is 1.15 bits per heavy atom. The zero-order valence-electron chi connectivity index (χ0n) is 7.42. The Hall–Kier alpha value is 0.0464. The summed E-state index contributed by atoms with van der Waals surface area (Å²) in [4.78, 5) is 20.6. The predicted octanol–water partition coefficient (Wildman–Crippen LogP) is -4.12. The molecule has 5 nitrogen and oxygen atoms in total. The second kappa shape index (κ2) is 7.45. The van der Waals surface area contributed by atoms with Crippen LogP contribution < -0.4 is 56.5 Å². The third-order valence-electron chi connectivity index (χ3n) is 0.935. The molecule has 0 bridgehead atoms. The van der Waals surface area contributed by atoms with Gasteiger partial charge < -0.3 is 14.6 Å². The molecule has 0 rings (SSSR count). The van der Waals surface area contributed by atoms with Crippen molar-refractivity contribution in [3.05, 3.63) is 11.6 Å². The normalized spacial score (nSPS) is 10.7. The molecule has 68 valence electrons. The van der Waals surface area contributed by atoms with Gasteiger partial charge in [0.2, 0.25) is 5.83 Å². The van der Waals surface area contributed by atoms with Gasteiger partial charge in [-0.05, 0) is 0 Å². The Bertz CT molecular complexity index is 213. The van der Waals surface area contributed by atoms with Crippen molar-refractivity contribution >= 4 is 11.9 Å². The number of carbonyl (C=O) groups is 2. The summed E-state index contributed by atoms with van der Waals surface area (Å²) in [6.07, 6.45) is 0. The molecule has 0 aliphatic rings. The SMILES string of the molecule is COC(=O)/C([O-])=C(\F)C(=O)OC.[K+]. The molecule has 0 spiro atoms. The molecule has 7 heteroatoms. The molecule has 13 heavy (non-hydrogen) atoms. The van der Waals surface area contributed by atoms with Crippen LogP contribution >= 0.6 is 0 Å². The van der Waals surface area contributed by atoms with E-state index in [-0.39, 0.29) is 51.4 Å². The molecule has 0 unspecified atom stereocenters. The summed E-state index contributed by atoms with van der Waals surface area (Å²) >= 11 is 0. The zero-order chi connectivity index (χ0) is 9.72. The molecule has 0 saturated heterocycles. The van der Waals surface area contributed by atoms with E-state index in [9.17, 15) is 19.1 Å². The number of hydrogen-bond acceptors (Lipinski definition) is 5. The molecule has 0 atom stereocenters. The van der Waals surface area contributed by atoms with Crippen LogP contribution in [0, 0.1) is 0 Å². The fourth-order valence-corrected chi connectivity index (χ4v) is 0.365. The summed E-state index contributed by atoms with van der Waals surface area (Å²) in [5.74, 6) is -6.38. The van der Waals surface area contributed by atoms with Crippen molar-refractivity contribution in [3.63, 3.8) is 0 Å². The van der Waals surface area contributed by atoms with Crippen LogP contribution in [0.25, 0.3) is 0 Å². The molecule has 0 saturated carbocycles. The van der Waals surface area contributed by atoms with Crippen molar-refractivity contribution < 1.29 is 79.9 Å². The molecule has 0 amide bonds. The van der Waals surface area contributed by atoms with Gasteiger partial charge in [-0.25, -0.2) is 9.59 Å². The molecule has 0 aromatic rings. The fraction of sp³-hybridized carbons (Fsp3) is 0.333. The van der Waals surface area contributed by atoms with Gasteiger partial charge in [-0.1, -0.05) is 0 Å². The minimum Gasteiger partial charge on any atom is -0.865 e. The van der Waals surface area contributed by atoms with E-state index >= 15 is 0 Å². The van der Waals surface area contributed by atoms with E-state index in [1.165, 1.54) is 0 Å². The smallest absolute Gasteiger partial charge is 0.865 e. The Kier molecular flexibility index (Phi) is 8.89. The number of methoxy groups -OCH3 is 2. The van der Waals surface area contributed by atoms with E-state index in [4.69, 9.17) is 0 Å². The summed E-state index contributed by atoms with van der Waals surface area (Å²) in [5.41, 5.74) is 0. The van der Waals surface area contributed by atoms with Gasteiger partial charge in [0.1, 0.15) is 0 Å². The zero-order valence-corrected chi connectivity index (χ0v) is 10.5. The molecule has 0 radical (unpaired) electrons. The monoisotopic (exact) mass is 216 g/mol. The maximum absolute atomic E-state index is 12.4. The third kappa shape index (κ3) is 4.72. The van der Waals surface area contributed by atoms with Gasteiger partial charge in [0.05, 0.1) is 14.2 Å². The van der Waals surface area contributed by atoms with Crippen LogP contribution in [-0.4, -0.2) is 26.2 Å². The van der Waals surface area contributed by atoms with Gasteiger partial charge in [0, 0.05) is 5.76 Å². The summed E-state index contributed by atoms with van der Waals surface area (Å²) < 4.78 is 20.1. The molecule has 0 N–H and O–H groups in total. The number of halogens is 1. The van der Waals surface area contributed by atoms with E-state index in [0.29, 0.717) is 0 Å². The Labute approximate surface area is 116 Å². The maximum atomic E-state index is 12.4. The van der Waals surface area contributed by atoms with Crippen LogP contribution in [0.4, 0.5) is 4.39 Å². The van der Waals surface area contributed by atoms with Crippen molar-refractivity contribution in [1.29, 1.82) is 0 Å². The van der Waals surface area contributed by atoms with E-state index < -0.39 is 23.5 Å². The van der Waals surface area contributed by atoms with Crippen molar-refractivity contribution in [2.45, 2.75) is 0 Å². The molecular formula is C6H6FKO5. The maximum Gasteiger partial charge on any atom is 1.00 e. The summed E-state index contributed by atoms with van der Waals surface area (Å²) in [6, 6.07) is 0. The van der Waals surface area contributed by atoms with Crippen LogP contribution in [-0.2, 0) is 19.1 Å². The first kappa shape index (κ1) is 15.5. The van der Waals surface area contributed by atoms with Crippen LogP contribution in [0.3, 0.4) is 0 Å². The number of hydrogen-bond donors (Lipinski definition) is 0. The van der Waals surface area contributed by atoms with Gasteiger partial charge in [0.15, 0.2) is 0 Å². The van der Waals surface area contributed by atoms with Gasteiger partial charge >= 0.3 is 63.3 Å². The third-order valence-corrected chi connectivity index (χ3v) is 0.935. The largest absolute Gasteiger partial charge is 1.00 e. The van der Waals surface area contributed by atoms with Crippen molar-refractivity contribution in [3.8, 4) is 0 Å². The second-order valence-corrected chi connectivity index (χ2v) is 1.63. The van der Waals surface area contributed by atoms with Crippen molar-refractivity contribution in [1.82, 2.24) is 0 Å². The Morgan fingerprint density at radius 2 is 1.54 bits per heavy atom. The summed E-state index contributed by atoms with van der Waals surface area (Å²) in [5, 5.41) is 10.5.